The molecule has 6 heteroatoms. The molecule has 1 unspecified atom stereocenters. The van der Waals surface area contributed by atoms with Crippen LogP contribution in [0.4, 0.5) is 0 Å². The largest absolute Gasteiger partial charge is 0.467 e. The van der Waals surface area contributed by atoms with Gasteiger partial charge in [-0.3, -0.25) is 4.79 Å². The topological polar surface area (TPSA) is 62.1 Å². The van der Waals surface area contributed by atoms with Crippen molar-refractivity contribution in [3.63, 3.8) is 0 Å². The summed E-state index contributed by atoms with van der Waals surface area (Å²) in [6.45, 7) is 4.57. The van der Waals surface area contributed by atoms with Gasteiger partial charge in [0.05, 0.1) is 24.3 Å². The number of nitrogens with zero attached hydrogens (tertiary/aromatic N) is 2. The van der Waals surface area contributed by atoms with Gasteiger partial charge in [0.25, 0.3) is 0 Å². The Morgan fingerprint density at radius 2 is 2.45 bits per heavy atom. The van der Waals surface area contributed by atoms with E-state index in [9.17, 15) is 4.79 Å². The van der Waals surface area contributed by atoms with Crippen LogP contribution >= 0.6 is 11.8 Å². The Labute approximate surface area is 121 Å². The fraction of sp³-hybridized carbons (Fsp3) is 0.429. The SMILES string of the molecule is CCc1nc(C2SCC(=O)N2Cc2ccco2)c(C)[nH]1. The Morgan fingerprint density at radius 3 is 3.10 bits per heavy atom. The van der Waals surface area contributed by atoms with Gasteiger partial charge in [-0.2, -0.15) is 0 Å². The second-order valence-corrected chi connectivity index (χ2v) is 5.88. The third-order valence-electron chi connectivity index (χ3n) is 3.41. The first-order chi connectivity index (χ1) is 9.69. The minimum Gasteiger partial charge on any atom is -0.467 e. The van der Waals surface area contributed by atoms with Gasteiger partial charge in [0.1, 0.15) is 17.0 Å². The van der Waals surface area contributed by atoms with Gasteiger partial charge in [-0.1, -0.05) is 6.92 Å². The molecule has 1 atom stereocenters. The number of carbonyl (C=O) groups excluding carboxylic acids is 1. The van der Waals surface area contributed by atoms with E-state index in [0.717, 1.165) is 29.4 Å². The summed E-state index contributed by atoms with van der Waals surface area (Å²) in [5.74, 6) is 2.40. The number of amides is 1. The van der Waals surface area contributed by atoms with Crippen molar-refractivity contribution in [2.45, 2.75) is 32.2 Å². The van der Waals surface area contributed by atoms with Gasteiger partial charge in [0, 0.05) is 12.1 Å². The average molecular weight is 291 g/mol. The van der Waals surface area contributed by atoms with E-state index in [1.807, 2.05) is 24.0 Å². The van der Waals surface area contributed by atoms with Crippen molar-refractivity contribution in [3.8, 4) is 0 Å². The van der Waals surface area contributed by atoms with Crippen LogP contribution in [0.1, 0.15) is 35.3 Å². The van der Waals surface area contributed by atoms with Gasteiger partial charge < -0.3 is 14.3 Å². The zero-order chi connectivity index (χ0) is 14.1. The molecule has 0 radical (unpaired) electrons. The van der Waals surface area contributed by atoms with Crippen LogP contribution in [-0.2, 0) is 17.8 Å². The van der Waals surface area contributed by atoms with Crippen LogP contribution in [0.5, 0.6) is 0 Å². The molecule has 3 heterocycles. The van der Waals surface area contributed by atoms with Crippen molar-refractivity contribution in [2.24, 2.45) is 0 Å². The first-order valence-corrected chi connectivity index (χ1v) is 7.72. The summed E-state index contributed by atoms with van der Waals surface area (Å²) in [5, 5.41) is -0.0239. The number of nitrogens with one attached hydrogen (secondary N) is 1. The molecule has 1 amide bonds. The number of furan rings is 1. The average Bonchev–Trinajstić information content (AvgIpc) is 3.13. The summed E-state index contributed by atoms with van der Waals surface area (Å²) in [6.07, 6.45) is 2.50. The number of aromatic amines is 1. The number of aromatic nitrogens is 2. The van der Waals surface area contributed by atoms with Crippen molar-refractivity contribution >= 4 is 17.7 Å². The van der Waals surface area contributed by atoms with Gasteiger partial charge in [0.2, 0.25) is 5.91 Å². The highest BCUT2D eigenvalue weighted by Crippen LogP contribution is 2.40. The smallest absolute Gasteiger partial charge is 0.234 e. The van der Waals surface area contributed by atoms with Crippen molar-refractivity contribution in [2.75, 3.05) is 5.75 Å². The fourth-order valence-corrected chi connectivity index (χ4v) is 3.59. The standard InChI is InChI=1S/C14H17N3O2S/c1-3-11-15-9(2)13(16-11)14-17(12(18)8-20-14)7-10-5-4-6-19-10/h4-6,14H,3,7-8H2,1-2H3,(H,15,16). The van der Waals surface area contributed by atoms with Crippen molar-refractivity contribution in [3.05, 3.63) is 41.4 Å². The highest BCUT2D eigenvalue weighted by molar-refractivity contribution is 8.00. The predicted molar refractivity (Wildman–Crippen MR) is 77.2 cm³/mol. The Bertz CT molecular complexity index is 606. The molecule has 0 saturated carbocycles. The van der Waals surface area contributed by atoms with E-state index in [0.29, 0.717) is 12.3 Å². The quantitative estimate of drug-likeness (QED) is 0.940. The Morgan fingerprint density at radius 1 is 1.60 bits per heavy atom. The summed E-state index contributed by atoms with van der Waals surface area (Å²) in [6, 6.07) is 3.73. The molecule has 1 saturated heterocycles. The summed E-state index contributed by atoms with van der Waals surface area (Å²) in [7, 11) is 0. The molecule has 3 rings (SSSR count). The lowest BCUT2D eigenvalue weighted by Crippen LogP contribution is -2.28. The predicted octanol–water partition coefficient (Wildman–Crippen LogP) is 2.65. The maximum absolute atomic E-state index is 12.1. The normalized spacial score (nSPS) is 19.0. The summed E-state index contributed by atoms with van der Waals surface area (Å²) >= 11 is 1.62. The van der Waals surface area contributed by atoms with E-state index in [-0.39, 0.29) is 11.3 Å². The molecule has 1 aliphatic rings. The first kappa shape index (κ1) is 13.3. The monoisotopic (exact) mass is 291 g/mol. The molecule has 1 fully saturated rings. The lowest BCUT2D eigenvalue weighted by molar-refractivity contribution is -0.128. The zero-order valence-corrected chi connectivity index (χ0v) is 12.4. The summed E-state index contributed by atoms with van der Waals surface area (Å²) in [4.78, 5) is 21.8. The van der Waals surface area contributed by atoms with E-state index in [1.54, 1.807) is 18.0 Å². The molecule has 0 aliphatic carbocycles. The van der Waals surface area contributed by atoms with Crippen LogP contribution < -0.4 is 0 Å². The number of rotatable bonds is 4. The van der Waals surface area contributed by atoms with E-state index in [1.165, 1.54) is 0 Å². The molecule has 20 heavy (non-hydrogen) atoms. The van der Waals surface area contributed by atoms with E-state index in [4.69, 9.17) is 4.42 Å². The second-order valence-electron chi connectivity index (χ2n) is 4.81. The molecule has 1 aliphatic heterocycles. The number of thioether (sulfide) groups is 1. The van der Waals surface area contributed by atoms with Crippen LogP contribution in [0.25, 0.3) is 0 Å². The Balaban J connectivity index is 1.87. The van der Waals surface area contributed by atoms with Crippen LogP contribution in [-0.4, -0.2) is 26.5 Å². The van der Waals surface area contributed by atoms with Gasteiger partial charge in [-0.15, -0.1) is 11.8 Å². The number of H-pyrrole nitrogens is 1. The number of imidazole rings is 1. The summed E-state index contributed by atoms with van der Waals surface area (Å²) < 4.78 is 5.35. The van der Waals surface area contributed by atoms with Gasteiger partial charge >= 0.3 is 0 Å². The molecular formula is C14H17N3O2S. The van der Waals surface area contributed by atoms with E-state index < -0.39 is 0 Å². The molecule has 2 aromatic heterocycles. The van der Waals surface area contributed by atoms with Gasteiger partial charge in [-0.25, -0.2) is 4.98 Å². The summed E-state index contributed by atoms with van der Waals surface area (Å²) in [5.41, 5.74) is 2.00. The molecule has 0 bridgehead atoms. The van der Waals surface area contributed by atoms with Crippen LogP contribution in [0, 0.1) is 6.92 Å². The third kappa shape index (κ3) is 2.35. The second kappa shape index (κ2) is 5.36. The highest BCUT2D eigenvalue weighted by Gasteiger charge is 2.35. The Hall–Kier alpha value is -1.69. The lowest BCUT2D eigenvalue weighted by Gasteiger charge is -2.22. The van der Waals surface area contributed by atoms with Gasteiger partial charge in [0.15, 0.2) is 0 Å². The minimum absolute atomic E-state index is 0.0239. The van der Waals surface area contributed by atoms with Gasteiger partial charge in [-0.05, 0) is 19.1 Å². The molecule has 106 valence electrons. The molecule has 0 aromatic carbocycles. The lowest BCUT2D eigenvalue weighted by atomic mass is 10.3. The molecule has 0 spiro atoms. The number of hydrogen-bond acceptors (Lipinski definition) is 4. The van der Waals surface area contributed by atoms with E-state index in [2.05, 4.69) is 16.9 Å². The highest BCUT2D eigenvalue weighted by atomic mass is 32.2. The van der Waals surface area contributed by atoms with E-state index >= 15 is 0 Å². The third-order valence-corrected chi connectivity index (χ3v) is 4.62. The zero-order valence-electron chi connectivity index (χ0n) is 11.5. The molecule has 5 nitrogen and oxygen atoms in total. The van der Waals surface area contributed by atoms with Crippen LogP contribution in [0.3, 0.4) is 0 Å². The number of hydrogen-bond donors (Lipinski definition) is 1. The molecule has 2 aromatic rings. The van der Waals surface area contributed by atoms with Crippen molar-refractivity contribution in [1.29, 1.82) is 0 Å². The minimum atomic E-state index is -0.0239. The van der Waals surface area contributed by atoms with Crippen LogP contribution in [0.15, 0.2) is 22.8 Å². The maximum atomic E-state index is 12.1. The molecular weight excluding hydrogens is 274 g/mol. The maximum Gasteiger partial charge on any atom is 0.234 e. The van der Waals surface area contributed by atoms with Crippen LogP contribution in [0.2, 0.25) is 0 Å². The van der Waals surface area contributed by atoms with Crippen molar-refractivity contribution < 1.29 is 9.21 Å². The fourth-order valence-electron chi connectivity index (χ4n) is 2.37. The Kier molecular flexibility index (Phi) is 3.56. The molecule has 1 N–H and O–H groups in total. The van der Waals surface area contributed by atoms with Crippen molar-refractivity contribution in [1.82, 2.24) is 14.9 Å². The number of aryl methyl sites for hydroxylation is 2. The number of carbonyl (C=O) groups is 1. The first-order valence-electron chi connectivity index (χ1n) is 6.68.